The molecule has 0 aliphatic heterocycles. The van der Waals surface area contributed by atoms with Crippen molar-refractivity contribution in [2.75, 3.05) is 34.4 Å². The fourth-order valence-electron chi connectivity index (χ4n) is 1.74. The minimum atomic E-state index is -4.23. The molecular formula is C14H19F4NO3. The number of halogens is 4. The van der Waals surface area contributed by atoms with E-state index in [1.54, 1.807) is 13.1 Å². The average Bonchev–Trinajstić information content (AvgIpc) is 2.50. The number of rotatable bonds is 9. The third kappa shape index (κ3) is 4.66. The van der Waals surface area contributed by atoms with E-state index >= 15 is 0 Å². The van der Waals surface area contributed by atoms with Crippen LogP contribution in [0.2, 0.25) is 0 Å². The zero-order valence-corrected chi connectivity index (χ0v) is 12.6. The van der Waals surface area contributed by atoms with Crippen LogP contribution in [-0.4, -0.2) is 46.8 Å². The zero-order chi connectivity index (χ0) is 16.8. The van der Waals surface area contributed by atoms with Crippen LogP contribution in [0.1, 0.15) is 5.56 Å². The first-order valence-electron chi connectivity index (χ1n) is 6.54. The molecule has 0 aromatic heterocycles. The first-order valence-corrected chi connectivity index (χ1v) is 6.54. The molecule has 0 radical (unpaired) electrons. The summed E-state index contributed by atoms with van der Waals surface area (Å²) >= 11 is 0. The maximum Gasteiger partial charge on any atom is 0.340 e. The van der Waals surface area contributed by atoms with Crippen molar-refractivity contribution in [2.45, 2.75) is 18.8 Å². The first kappa shape index (κ1) is 18.3. The summed E-state index contributed by atoms with van der Waals surface area (Å²) in [5, 5.41) is 2.97. The summed E-state index contributed by atoms with van der Waals surface area (Å²) in [6, 6.07) is 2.93. The van der Waals surface area contributed by atoms with Crippen LogP contribution in [-0.2, 0) is 6.42 Å². The Morgan fingerprint density at radius 3 is 2.23 bits per heavy atom. The Labute approximate surface area is 126 Å². The van der Waals surface area contributed by atoms with Crippen molar-refractivity contribution in [3.05, 3.63) is 17.7 Å². The summed E-state index contributed by atoms with van der Waals surface area (Å²) in [5.74, 6) is -3.72. The van der Waals surface area contributed by atoms with Crippen LogP contribution >= 0.6 is 0 Å². The molecular weight excluding hydrogens is 306 g/mol. The number of hydrogen-bond donors (Lipinski definition) is 1. The van der Waals surface area contributed by atoms with E-state index in [2.05, 4.69) is 5.32 Å². The third-order valence-electron chi connectivity index (χ3n) is 2.95. The summed E-state index contributed by atoms with van der Waals surface area (Å²) in [4.78, 5) is 0. The maximum atomic E-state index is 12.9. The molecule has 8 heteroatoms. The third-order valence-corrected chi connectivity index (χ3v) is 2.95. The second-order valence-electron chi connectivity index (χ2n) is 4.52. The number of ether oxygens (including phenoxy) is 3. The van der Waals surface area contributed by atoms with Gasteiger partial charge in [-0.1, -0.05) is 0 Å². The minimum absolute atomic E-state index is 0.0760. The van der Waals surface area contributed by atoms with Crippen molar-refractivity contribution in [1.29, 1.82) is 0 Å². The molecule has 1 rings (SSSR count). The molecule has 0 spiro atoms. The Bertz CT molecular complexity index is 483. The van der Waals surface area contributed by atoms with Gasteiger partial charge < -0.3 is 19.5 Å². The molecule has 0 heterocycles. The van der Waals surface area contributed by atoms with Crippen LogP contribution in [0.3, 0.4) is 0 Å². The SMILES string of the molecule is CNCCc1cc(OC)c(OCC(F)(F)C(F)F)cc1OC. The molecule has 0 unspecified atom stereocenters. The summed E-state index contributed by atoms with van der Waals surface area (Å²) in [6.45, 7) is -0.775. The molecule has 1 aromatic carbocycles. The zero-order valence-electron chi connectivity index (χ0n) is 12.6. The second-order valence-corrected chi connectivity index (χ2v) is 4.52. The predicted octanol–water partition coefficient (Wildman–Crippen LogP) is 2.74. The van der Waals surface area contributed by atoms with Crippen molar-refractivity contribution >= 4 is 0 Å². The Morgan fingerprint density at radius 2 is 1.73 bits per heavy atom. The van der Waals surface area contributed by atoms with Gasteiger partial charge in [0.2, 0.25) is 0 Å². The molecule has 0 fully saturated rings. The molecule has 0 amide bonds. The minimum Gasteiger partial charge on any atom is -0.496 e. The fourth-order valence-corrected chi connectivity index (χ4v) is 1.74. The van der Waals surface area contributed by atoms with E-state index in [0.29, 0.717) is 18.7 Å². The van der Waals surface area contributed by atoms with Gasteiger partial charge in [0.05, 0.1) is 14.2 Å². The first-order chi connectivity index (χ1) is 10.4. The normalized spacial score (nSPS) is 11.6. The molecule has 4 nitrogen and oxygen atoms in total. The Balaban J connectivity index is 2.99. The van der Waals surface area contributed by atoms with Crippen molar-refractivity contribution in [1.82, 2.24) is 5.32 Å². The summed E-state index contributed by atoms with van der Waals surface area (Å²) in [5.41, 5.74) is 0.779. The molecule has 0 aliphatic carbocycles. The lowest BCUT2D eigenvalue weighted by Gasteiger charge is -2.19. The lowest BCUT2D eigenvalue weighted by molar-refractivity contribution is -0.148. The van der Waals surface area contributed by atoms with Gasteiger partial charge in [-0.25, -0.2) is 8.78 Å². The molecule has 22 heavy (non-hydrogen) atoms. The highest BCUT2D eigenvalue weighted by Gasteiger charge is 2.42. The molecule has 1 aromatic rings. The van der Waals surface area contributed by atoms with Crippen LogP contribution < -0.4 is 19.5 Å². The van der Waals surface area contributed by atoms with Gasteiger partial charge in [0.25, 0.3) is 0 Å². The van der Waals surface area contributed by atoms with Gasteiger partial charge in [-0.05, 0) is 31.6 Å². The van der Waals surface area contributed by atoms with E-state index in [4.69, 9.17) is 14.2 Å². The van der Waals surface area contributed by atoms with Crippen molar-refractivity contribution in [3.8, 4) is 17.2 Å². The highest BCUT2D eigenvalue weighted by atomic mass is 19.3. The second kappa shape index (κ2) is 8.07. The summed E-state index contributed by atoms with van der Waals surface area (Å²) in [7, 11) is 4.54. The molecule has 0 saturated heterocycles. The van der Waals surface area contributed by atoms with Gasteiger partial charge in [-0.3, -0.25) is 0 Å². The quantitative estimate of drug-likeness (QED) is 0.709. The Kier molecular flexibility index (Phi) is 6.73. The van der Waals surface area contributed by atoms with Crippen molar-refractivity contribution in [3.63, 3.8) is 0 Å². The van der Waals surface area contributed by atoms with Crippen molar-refractivity contribution < 1.29 is 31.8 Å². The topological polar surface area (TPSA) is 39.7 Å². The number of methoxy groups -OCH3 is 2. The van der Waals surface area contributed by atoms with Gasteiger partial charge in [0.15, 0.2) is 18.1 Å². The monoisotopic (exact) mass is 325 g/mol. The predicted molar refractivity (Wildman–Crippen MR) is 73.6 cm³/mol. The van der Waals surface area contributed by atoms with Crippen LogP contribution in [0.15, 0.2) is 12.1 Å². The Hall–Kier alpha value is -1.70. The number of likely N-dealkylation sites (N-methyl/N-ethyl adjacent to an activating group) is 1. The van der Waals surface area contributed by atoms with E-state index in [1.807, 2.05) is 0 Å². The highest BCUT2D eigenvalue weighted by molar-refractivity contribution is 5.51. The largest absolute Gasteiger partial charge is 0.496 e. The van der Waals surface area contributed by atoms with Crippen LogP contribution in [0.5, 0.6) is 17.2 Å². The van der Waals surface area contributed by atoms with Crippen LogP contribution in [0.4, 0.5) is 17.6 Å². The van der Waals surface area contributed by atoms with E-state index in [1.165, 1.54) is 20.3 Å². The number of nitrogens with one attached hydrogen (secondary N) is 1. The molecule has 0 bridgehead atoms. The van der Waals surface area contributed by atoms with Gasteiger partial charge in [0.1, 0.15) is 5.75 Å². The molecule has 0 saturated carbocycles. The van der Waals surface area contributed by atoms with E-state index in [-0.39, 0.29) is 11.5 Å². The standard InChI is InChI=1S/C14H19F4NO3/c1-19-5-4-9-6-11(21-3)12(7-10(9)20-2)22-8-14(17,18)13(15)16/h6-7,13,19H,4-5,8H2,1-3H3. The van der Waals surface area contributed by atoms with E-state index in [9.17, 15) is 17.6 Å². The Morgan fingerprint density at radius 1 is 1.09 bits per heavy atom. The van der Waals surface area contributed by atoms with Gasteiger partial charge in [0, 0.05) is 6.07 Å². The van der Waals surface area contributed by atoms with E-state index in [0.717, 1.165) is 5.56 Å². The highest BCUT2D eigenvalue weighted by Crippen LogP contribution is 2.36. The van der Waals surface area contributed by atoms with Gasteiger partial charge >= 0.3 is 12.3 Å². The van der Waals surface area contributed by atoms with Crippen LogP contribution in [0, 0.1) is 0 Å². The fraction of sp³-hybridized carbons (Fsp3) is 0.571. The van der Waals surface area contributed by atoms with Gasteiger partial charge in [-0.15, -0.1) is 0 Å². The number of hydrogen-bond acceptors (Lipinski definition) is 4. The number of alkyl halides is 4. The lowest BCUT2D eigenvalue weighted by atomic mass is 10.1. The number of benzene rings is 1. The van der Waals surface area contributed by atoms with Gasteiger partial charge in [-0.2, -0.15) is 8.78 Å². The van der Waals surface area contributed by atoms with Crippen LogP contribution in [0.25, 0.3) is 0 Å². The molecule has 1 N–H and O–H groups in total. The molecule has 0 aliphatic rings. The molecule has 126 valence electrons. The molecule has 0 atom stereocenters. The lowest BCUT2D eigenvalue weighted by Crippen LogP contribution is -2.33. The summed E-state index contributed by atoms with van der Waals surface area (Å²) in [6.07, 6.45) is -3.18. The maximum absolute atomic E-state index is 12.9. The smallest absolute Gasteiger partial charge is 0.340 e. The summed E-state index contributed by atoms with van der Waals surface area (Å²) < 4.78 is 65.2. The van der Waals surface area contributed by atoms with E-state index < -0.39 is 19.0 Å². The van der Waals surface area contributed by atoms with Crippen molar-refractivity contribution in [2.24, 2.45) is 0 Å². The average molecular weight is 325 g/mol.